The highest BCUT2D eigenvalue weighted by Crippen LogP contribution is 2.69. The largest absolute Gasteiger partial charge is 0.392 e. The van der Waals surface area contributed by atoms with E-state index in [1.54, 1.807) is 0 Å². The van der Waals surface area contributed by atoms with Crippen LogP contribution in [0.15, 0.2) is 12.2 Å². The Bertz CT molecular complexity index is 373. The van der Waals surface area contributed by atoms with E-state index < -0.39 is 0 Å². The van der Waals surface area contributed by atoms with Crippen molar-refractivity contribution in [2.45, 2.75) is 52.2 Å². The summed E-state index contributed by atoms with van der Waals surface area (Å²) in [5.74, 6) is 1.54. The maximum absolute atomic E-state index is 10.5. The molecule has 0 aliphatic heterocycles. The maximum atomic E-state index is 10.5. The Kier molecular flexibility index (Phi) is 2.18. The van der Waals surface area contributed by atoms with Gasteiger partial charge in [0.1, 0.15) is 0 Å². The number of aliphatic hydroxyl groups is 2. The molecular formula is C15H24O2. The van der Waals surface area contributed by atoms with Gasteiger partial charge in [-0.25, -0.2) is 0 Å². The van der Waals surface area contributed by atoms with Gasteiger partial charge in [-0.2, -0.15) is 0 Å². The van der Waals surface area contributed by atoms with Crippen molar-refractivity contribution in [3.8, 4) is 0 Å². The second kappa shape index (κ2) is 3.16. The molecule has 3 aliphatic rings. The van der Waals surface area contributed by atoms with E-state index in [1.165, 1.54) is 5.57 Å². The molecule has 0 saturated heterocycles. The molecule has 0 radical (unpaired) electrons. The molecule has 3 rings (SSSR count). The Morgan fingerprint density at radius 1 is 1.18 bits per heavy atom. The first-order chi connectivity index (χ1) is 7.78. The van der Waals surface area contributed by atoms with Gasteiger partial charge in [-0.15, -0.1) is 0 Å². The van der Waals surface area contributed by atoms with E-state index in [1.807, 2.05) is 0 Å². The molecule has 2 heteroatoms. The Balaban J connectivity index is 2.13. The predicted octanol–water partition coefficient (Wildman–Crippen LogP) is 2.36. The summed E-state index contributed by atoms with van der Waals surface area (Å²) in [5, 5.41) is 20.9. The summed E-state index contributed by atoms with van der Waals surface area (Å²) < 4.78 is 0. The molecule has 0 spiro atoms. The van der Waals surface area contributed by atoms with Crippen molar-refractivity contribution in [1.82, 2.24) is 0 Å². The highest BCUT2D eigenvalue weighted by molar-refractivity contribution is 5.27. The molecule has 2 N–H and O–H groups in total. The topological polar surface area (TPSA) is 40.5 Å². The first-order valence-electron chi connectivity index (χ1n) is 6.82. The summed E-state index contributed by atoms with van der Waals surface area (Å²) in [6.45, 7) is 10.8. The zero-order chi connectivity index (χ0) is 12.6. The lowest BCUT2D eigenvalue weighted by molar-refractivity contribution is -0.0457. The molecule has 96 valence electrons. The zero-order valence-corrected chi connectivity index (χ0v) is 11.1. The molecule has 3 saturated carbocycles. The fourth-order valence-corrected chi connectivity index (χ4v) is 5.27. The van der Waals surface area contributed by atoms with Crippen LogP contribution in [0.1, 0.15) is 40.0 Å². The summed E-state index contributed by atoms with van der Waals surface area (Å²) in [5.41, 5.74) is 1.18. The van der Waals surface area contributed by atoms with Crippen molar-refractivity contribution in [3.05, 3.63) is 12.2 Å². The molecule has 0 aromatic carbocycles. The average Bonchev–Trinajstić information content (AvgIpc) is 2.66. The van der Waals surface area contributed by atoms with Crippen LogP contribution in [0.2, 0.25) is 0 Å². The standard InChI is InChI=1S/C15H24O2/c1-8-5-9-7-15(4)11(17)6-10(16)14(2,3)13(9)12(8)15/h9-13,16-17H,1,5-7H2,2-4H3/t9-,10+,11+,12-,13+,15+/m0/s1. The van der Waals surface area contributed by atoms with Crippen molar-refractivity contribution in [2.24, 2.45) is 28.6 Å². The van der Waals surface area contributed by atoms with E-state index in [2.05, 4.69) is 27.4 Å². The zero-order valence-electron chi connectivity index (χ0n) is 11.1. The lowest BCUT2D eigenvalue weighted by Crippen LogP contribution is -2.40. The predicted molar refractivity (Wildman–Crippen MR) is 67.4 cm³/mol. The van der Waals surface area contributed by atoms with Crippen molar-refractivity contribution < 1.29 is 10.2 Å². The summed E-state index contributed by atoms with van der Waals surface area (Å²) in [6, 6.07) is 0. The second-order valence-electron chi connectivity index (χ2n) is 7.42. The van der Waals surface area contributed by atoms with E-state index in [4.69, 9.17) is 0 Å². The Hall–Kier alpha value is -0.340. The molecule has 6 atom stereocenters. The minimum Gasteiger partial charge on any atom is -0.392 e. The molecule has 0 heterocycles. The second-order valence-corrected chi connectivity index (χ2v) is 7.42. The quantitative estimate of drug-likeness (QED) is 0.634. The van der Waals surface area contributed by atoms with E-state index in [0.29, 0.717) is 24.2 Å². The van der Waals surface area contributed by atoms with Crippen LogP contribution < -0.4 is 0 Å². The number of rotatable bonds is 0. The van der Waals surface area contributed by atoms with E-state index in [0.717, 1.165) is 12.8 Å². The van der Waals surface area contributed by atoms with Crippen molar-refractivity contribution in [2.75, 3.05) is 0 Å². The minimum atomic E-state index is -0.388. The Morgan fingerprint density at radius 2 is 1.82 bits per heavy atom. The third-order valence-electron chi connectivity index (χ3n) is 6.17. The average molecular weight is 236 g/mol. The third-order valence-corrected chi connectivity index (χ3v) is 6.17. The fraction of sp³-hybridized carbons (Fsp3) is 0.867. The van der Waals surface area contributed by atoms with Gasteiger partial charge in [-0.05, 0) is 36.0 Å². The number of hydrogen-bond donors (Lipinski definition) is 2. The van der Waals surface area contributed by atoms with Crippen molar-refractivity contribution >= 4 is 0 Å². The third kappa shape index (κ3) is 1.23. The Labute approximate surface area is 104 Å². The molecule has 3 fully saturated rings. The smallest absolute Gasteiger partial charge is 0.0624 e. The number of hydrogen-bond acceptors (Lipinski definition) is 2. The normalized spacial score (nSPS) is 56.1. The monoisotopic (exact) mass is 236 g/mol. The lowest BCUT2D eigenvalue weighted by Gasteiger charge is -2.39. The van der Waals surface area contributed by atoms with Crippen LogP contribution in [0.5, 0.6) is 0 Å². The molecule has 3 aliphatic carbocycles. The van der Waals surface area contributed by atoms with Gasteiger partial charge in [0.25, 0.3) is 0 Å². The highest BCUT2D eigenvalue weighted by atomic mass is 16.3. The molecule has 0 aromatic heterocycles. The highest BCUT2D eigenvalue weighted by Gasteiger charge is 2.65. The minimum absolute atomic E-state index is 0.0422. The summed E-state index contributed by atoms with van der Waals surface area (Å²) >= 11 is 0. The van der Waals surface area contributed by atoms with Gasteiger partial charge in [-0.3, -0.25) is 0 Å². The van der Waals surface area contributed by atoms with Gasteiger partial charge in [0.2, 0.25) is 0 Å². The summed E-state index contributed by atoms with van der Waals surface area (Å²) in [6.07, 6.45) is 1.97. The van der Waals surface area contributed by atoms with E-state index >= 15 is 0 Å². The number of aliphatic hydroxyl groups excluding tert-OH is 2. The summed E-state index contributed by atoms with van der Waals surface area (Å²) in [7, 11) is 0. The lowest BCUT2D eigenvalue weighted by atomic mass is 9.68. The fourth-order valence-electron chi connectivity index (χ4n) is 5.27. The van der Waals surface area contributed by atoms with Crippen LogP contribution in [0.4, 0.5) is 0 Å². The van der Waals surface area contributed by atoms with E-state index in [9.17, 15) is 10.2 Å². The van der Waals surface area contributed by atoms with Crippen LogP contribution in [0.25, 0.3) is 0 Å². The Morgan fingerprint density at radius 3 is 2.47 bits per heavy atom. The number of allylic oxidation sites excluding steroid dienone is 1. The van der Waals surface area contributed by atoms with Gasteiger partial charge >= 0.3 is 0 Å². The first kappa shape index (κ1) is 11.7. The van der Waals surface area contributed by atoms with E-state index in [-0.39, 0.29) is 23.0 Å². The van der Waals surface area contributed by atoms with Gasteiger partial charge in [-0.1, -0.05) is 32.9 Å². The first-order valence-corrected chi connectivity index (χ1v) is 6.82. The molecule has 17 heavy (non-hydrogen) atoms. The molecular weight excluding hydrogens is 212 g/mol. The summed E-state index contributed by atoms with van der Waals surface area (Å²) in [4.78, 5) is 0. The molecule has 2 nitrogen and oxygen atoms in total. The van der Waals surface area contributed by atoms with Crippen molar-refractivity contribution in [3.63, 3.8) is 0 Å². The van der Waals surface area contributed by atoms with Crippen molar-refractivity contribution in [1.29, 1.82) is 0 Å². The molecule has 0 amide bonds. The van der Waals surface area contributed by atoms with Crippen LogP contribution in [0, 0.1) is 28.6 Å². The molecule has 4 bridgehead atoms. The SMILES string of the molecule is C=C1C[C@H]2C[C@]3(C)[C@H](O)C[C@@H](O)C(C)(C)[C@H]2[C@H]13. The van der Waals surface area contributed by atoms with Crippen LogP contribution in [-0.2, 0) is 0 Å². The van der Waals surface area contributed by atoms with Crippen LogP contribution in [-0.4, -0.2) is 22.4 Å². The van der Waals surface area contributed by atoms with Gasteiger partial charge in [0, 0.05) is 11.8 Å². The van der Waals surface area contributed by atoms with Crippen LogP contribution >= 0.6 is 0 Å². The molecule has 0 aromatic rings. The van der Waals surface area contributed by atoms with Crippen LogP contribution in [0.3, 0.4) is 0 Å². The maximum Gasteiger partial charge on any atom is 0.0624 e. The van der Waals surface area contributed by atoms with Gasteiger partial charge in [0.05, 0.1) is 12.2 Å². The van der Waals surface area contributed by atoms with Gasteiger partial charge in [0.15, 0.2) is 0 Å². The molecule has 0 unspecified atom stereocenters. The van der Waals surface area contributed by atoms with Gasteiger partial charge < -0.3 is 10.2 Å².